The van der Waals surface area contributed by atoms with Crippen molar-refractivity contribution in [2.24, 2.45) is 5.41 Å². The summed E-state index contributed by atoms with van der Waals surface area (Å²) in [7, 11) is 1.72. The number of hydrogen-bond acceptors (Lipinski definition) is 8. The molecule has 3 heterocycles. The van der Waals surface area contributed by atoms with Gasteiger partial charge in [0.1, 0.15) is 5.82 Å². The Morgan fingerprint density at radius 1 is 1.30 bits per heavy atom. The van der Waals surface area contributed by atoms with Gasteiger partial charge in [0.15, 0.2) is 0 Å². The SMILES string of the molecule is CNc1nc(-c2ccnc(N3CCN(C(=O)OCC(C)(C)C)CC3)c2)no1. The van der Waals surface area contributed by atoms with Crippen molar-refractivity contribution in [2.75, 3.05) is 50.1 Å². The number of aromatic nitrogens is 3. The molecule has 1 aliphatic rings. The third-order valence-electron chi connectivity index (χ3n) is 4.13. The molecule has 0 aliphatic carbocycles. The second-order valence-corrected chi connectivity index (χ2v) is 7.67. The average molecular weight is 374 g/mol. The third kappa shape index (κ3) is 4.87. The Morgan fingerprint density at radius 3 is 2.67 bits per heavy atom. The fraction of sp³-hybridized carbons (Fsp3) is 0.556. The van der Waals surface area contributed by atoms with Crippen LogP contribution < -0.4 is 10.2 Å². The second-order valence-electron chi connectivity index (χ2n) is 7.67. The standard InChI is InChI=1S/C18H26N6O3/c1-18(2,3)12-26-17(25)24-9-7-23(8-10-24)14-11-13(5-6-20-14)15-21-16(19-4)27-22-15/h5-6,11H,7-10,12H2,1-4H3,(H,19,21,22). The van der Waals surface area contributed by atoms with Crippen LogP contribution in [0, 0.1) is 5.41 Å². The number of nitrogens with one attached hydrogen (secondary N) is 1. The second kappa shape index (κ2) is 7.81. The summed E-state index contributed by atoms with van der Waals surface area (Å²) in [6.45, 7) is 9.11. The fourth-order valence-electron chi connectivity index (χ4n) is 2.66. The number of rotatable bonds is 4. The van der Waals surface area contributed by atoms with Gasteiger partial charge in [0.25, 0.3) is 0 Å². The van der Waals surface area contributed by atoms with E-state index < -0.39 is 0 Å². The first-order valence-electron chi connectivity index (χ1n) is 9.00. The van der Waals surface area contributed by atoms with Crippen LogP contribution in [0.5, 0.6) is 0 Å². The zero-order chi connectivity index (χ0) is 19.4. The molecule has 0 radical (unpaired) electrons. The molecule has 0 aromatic carbocycles. The van der Waals surface area contributed by atoms with Crippen molar-refractivity contribution >= 4 is 17.9 Å². The summed E-state index contributed by atoms with van der Waals surface area (Å²) in [5.74, 6) is 1.33. The summed E-state index contributed by atoms with van der Waals surface area (Å²) in [6, 6.07) is 4.14. The number of carbonyl (C=O) groups is 1. The van der Waals surface area contributed by atoms with Crippen molar-refractivity contribution in [1.82, 2.24) is 20.0 Å². The van der Waals surface area contributed by atoms with E-state index in [2.05, 4.69) is 25.3 Å². The maximum atomic E-state index is 12.2. The van der Waals surface area contributed by atoms with Crippen LogP contribution in [0.15, 0.2) is 22.9 Å². The number of carbonyl (C=O) groups excluding carboxylic acids is 1. The molecule has 0 unspecified atom stereocenters. The van der Waals surface area contributed by atoms with Crippen molar-refractivity contribution in [2.45, 2.75) is 20.8 Å². The predicted molar refractivity (Wildman–Crippen MR) is 102 cm³/mol. The Labute approximate surface area is 158 Å². The Hall–Kier alpha value is -2.84. The van der Waals surface area contributed by atoms with Crippen molar-refractivity contribution < 1.29 is 14.1 Å². The van der Waals surface area contributed by atoms with Gasteiger partial charge in [0, 0.05) is 45.0 Å². The van der Waals surface area contributed by atoms with E-state index in [1.807, 2.05) is 32.9 Å². The van der Waals surface area contributed by atoms with Gasteiger partial charge >= 0.3 is 12.1 Å². The van der Waals surface area contributed by atoms with Crippen LogP contribution in [0.2, 0.25) is 0 Å². The molecule has 0 atom stereocenters. The van der Waals surface area contributed by atoms with Gasteiger partial charge in [-0.25, -0.2) is 9.78 Å². The third-order valence-corrected chi connectivity index (χ3v) is 4.13. The Morgan fingerprint density at radius 2 is 2.04 bits per heavy atom. The van der Waals surface area contributed by atoms with Crippen LogP contribution in [0.3, 0.4) is 0 Å². The highest BCUT2D eigenvalue weighted by Gasteiger charge is 2.24. The lowest BCUT2D eigenvalue weighted by Crippen LogP contribution is -2.49. The van der Waals surface area contributed by atoms with Crippen molar-refractivity contribution in [1.29, 1.82) is 0 Å². The van der Waals surface area contributed by atoms with E-state index in [-0.39, 0.29) is 11.5 Å². The van der Waals surface area contributed by atoms with Gasteiger partial charge in [-0.2, -0.15) is 4.98 Å². The summed E-state index contributed by atoms with van der Waals surface area (Å²) in [4.78, 5) is 24.8. The van der Waals surface area contributed by atoms with E-state index >= 15 is 0 Å². The Bertz CT molecular complexity index is 777. The minimum Gasteiger partial charge on any atom is -0.449 e. The molecular weight excluding hydrogens is 348 g/mol. The van der Waals surface area contributed by atoms with E-state index in [0.717, 1.165) is 11.4 Å². The van der Waals surface area contributed by atoms with E-state index in [4.69, 9.17) is 9.26 Å². The molecule has 9 heteroatoms. The molecule has 0 saturated carbocycles. The zero-order valence-corrected chi connectivity index (χ0v) is 16.2. The first-order chi connectivity index (χ1) is 12.9. The maximum absolute atomic E-state index is 12.2. The van der Waals surface area contributed by atoms with Crippen molar-refractivity contribution in [3.63, 3.8) is 0 Å². The van der Waals surface area contributed by atoms with Crippen LogP contribution in [-0.4, -0.2) is 66.0 Å². The van der Waals surface area contributed by atoms with Crippen molar-refractivity contribution in [3.8, 4) is 11.4 Å². The van der Waals surface area contributed by atoms with E-state index in [0.29, 0.717) is 44.6 Å². The van der Waals surface area contributed by atoms with Crippen molar-refractivity contribution in [3.05, 3.63) is 18.3 Å². The zero-order valence-electron chi connectivity index (χ0n) is 16.2. The number of hydrogen-bond donors (Lipinski definition) is 1. The minimum atomic E-state index is -0.252. The molecule has 2 aromatic rings. The first kappa shape index (κ1) is 18.9. The number of anilines is 2. The van der Waals surface area contributed by atoms with Crippen LogP contribution >= 0.6 is 0 Å². The number of amides is 1. The minimum absolute atomic E-state index is 0.0375. The molecule has 27 heavy (non-hydrogen) atoms. The molecule has 2 aromatic heterocycles. The van der Waals surface area contributed by atoms with Crippen LogP contribution in [0.1, 0.15) is 20.8 Å². The maximum Gasteiger partial charge on any atom is 0.409 e. The van der Waals surface area contributed by atoms with Gasteiger partial charge in [0.2, 0.25) is 5.82 Å². The van der Waals surface area contributed by atoms with Crippen LogP contribution in [0.4, 0.5) is 16.6 Å². The van der Waals surface area contributed by atoms with E-state index in [9.17, 15) is 4.79 Å². The predicted octanol–water partition coefficient (Wildman–Crippen LogP) is 2.48. The van der Waals surface area contributed by atoms with Gasteiger partial charge < -0.3 is 24.4 Å². The summed E-state index contributed by atoms with van der Waals surface area (Å²) in [6.07, 6.45) is 1.47. The lowest BCUT2D eigenvalue weighted by Gasteiger charge is -2.35. The molecule has 9 nitrogen and oxygen atoms in total. The molecule has 0 spiro atoms. The monoisotopic (exact) mass is 374 g/mol. The highest BCUT2D eigenvalue weighted by Crippen LogP contribution is 2.22. The normalized spacial score (nSPS) is 15.0. The molecule has 1 saturated heterocycles. The summed E-state index contributed by atoms with van der Waals surface area (Å²) >= 11 is 0. The highest BCUT2D eigenvalue weighted by molar-refractivity contribution is 5.68. The molecule has 1 amide bonds. The fourth-order valence-corrected chi connectivity index (χ4v) is 2.66. The van der Waals surface area contributed by atoms with E-state index in [1.54, 1.807) is 18.1 Å². The van der Waals surface area contributed by atoms with Crippen LogP contribution in [-0.2, 0) is 4.74 Å². The molecule has 1 fully saturated rings. The number of ether oxygens (including phenoxy) is 1. The number of piperazine rings is 1. The smallest absolute Gasteiger partial charge is 0.409 e. The number of nitrogens with zero attached hydrogens (tertiary/aromatic N) is 5. The van der Waals surface area contributed by atoms with E-state index in [1.165, 1.54) is 0 Å². The molecule has 1 aliphatic heterocycles. The van der Waals surface area contributed by atoms with Gasteiger partial charge in [-0.1, -0.05) is 25.9 Å². The molecule has 0 bridgehead atoms. The molecular formula is C18H26N6O3. The summed E-state index contributed by atoms with van der Waals surface area (Å²) in [5, 5.41) is 6.77. The topological polar surface area (TPSA) is 96.6 Å². The summed E-state index contributed by atoms with van der Waals surface area (Å²) in [5.41, 5.74) is 0.793. The quantitative estimate of drug-likeness (QED) is 0.872. The average Bonchev–Trinajstić information content (AvgIpc) is 3.15. The highest BCUT2D eigenvalue weighted by atomic mass is 16.6. The lowest BCUT2D eigenvalue weighted by atomic mass is 9.99. The lowest BCUT2D eigenvalue weighted by molar-refractivity contribution is 0.0707. The molecule has 1 N–H and O–H groups in total. The van der Waals surface area contributed by atoms with Gasteiger partial charge in [-0.15, -0.1) is 0 Å². The van der Waals surface area contributed by atoms with Gasteiger partial charge in [-0.05, 0) is 17.5 Å². The molecule has 3 rings (SSSR count). The molecule has 146 valence electrons. The Kier molecular flexibility index (Phi) is 5.48. The summed E-state index contributed by atoms with van der Waals surface area (Å²) < 4.78 is 10.5. The van der Waals surface area contributed by atoms with Gasteiger partial charge in [0.05, 0.1) is 6.61 Å². The number of pyridine rings is 1. The van der Waals surface area contributed by atoms with Gasteiger partial charge in [-0.3, -0.25) is 0 Å². The first-order valence-corrected chi connectivity index (χ1v) is 9.00. The largest absolute Gasteiger partial charge is 0.449 e. The Balaban J connectivity index is 1.59. The van der Waals surface area contributed by atoms with Crippen LogP contribution in [0.25, 0.3) is 11.4 Å².